The molecule has 1 heterocycles. The van der Waals surface area contributed by atoms with Crippen molar-refractivity contribution in [1.29, 1.82) is 0 Å². The first-order chi connectivity index (χ1) is 13.3. The van der Waals surface area contributed by atoms with E-state index in [1.165, 1.54) is 19.1 Å². The molecule has 0 spiro atoms. The lowest BCUT2D eigenvalue weighted by atomic mass is 10.1. The van der Waals surface area contributed by atoms with Gasteiger partial charge >= 0.3 is 5.97 Å². The molecule has 0 aromatic heterocycles. The number of carbonyl (C=O) groups is 3. The first-order valence-corrected chi connectivity index (χ1v) is 8.66. The van der Waals surface area contributed by atoms with E-state index in [1.807, 2.05) is 0 Å². The summed E-state index contributed by atoms with van der Waals surface area (Å²) in [5.41, 5.74) is 1.22. The number of fused-ring (bicyclic) bond motifs is 1. The van der Waals surface area contributed by atoms with Gasteiger partial charge in [-0.1, -0.05) is 18.2 Å². The van der Waals surface area contributed by atoms with Gasteiger partial charge in [-0.15, -0.1) is 0 Å². The monoisotopic (exact) mass is 386 g/mol. The number of ether oxygens (including phenoxy) is 2. The molecular weight excluding hydrogens is 367 g/mol. The van der Waals surface area contributed by atoms with Gasteiger partial charge in [-0.2, -0.15) is 0 Å². The zero-order valence-electron chi connectivity index (χ0n) is 15.3. The third-order valence-electron chi connectivity index (χ3n) is 4.18. The van der Waals surface area contributed by atoms with E-state index in [-0.39, 0.29) is 12.1 Å². The number of hydrogen-bond acceptors (Lipinski definition) is 5. The SMILES string of the molecule is Cc1ccc(NC(=O)[C@H](C)OC(=O)C[C@H]2Oc3ccccc3NC2=O)cc1F. The number of esters is 1. The fourth-order valence-corrected chi connectivity index (χ4v) is 2.59. The second-order valence-corrected chi connectivity index (χ2v) is 6.38. The lowest BCUT2D eigenvalue weighted by molar-refractivity contribution is -0.155. The van der Waals surface area contributed by atoms with Crippen LogP contribution in [0.1, 0.15) is 18.9 Å². The lowest BCUT2D eigenvalue weighted by Crippen LogP contribution is -2.40. The van der Waals surface area contributed by atoms with E-state index >= 15 is 0 Å². The van der Waals surface area contributed by atoms with E-state index in [9.17, 15) is 18.8 Å². The van der Waals surface area contributed by atoms with Gasteiger partial charge in [0.2, 0.25) is 0 Å². The van der Waals surface area contributed by atoms with E-state index in [2.05, 4.69) is 10.6 Å². The van der Waals surface area contributed by atoms with Gasteiger partial charge in [0.25, 0.3) is 11.8 Å². The number of halogens is 1. The summed E-state index contributed by atoms with van der Waals surface area (Å²) in [6.07, 6.45) is -2.53. The molecule has 1 aliphatic rings. The number of rotatable bonds is 5. The predicted molar refractivity (Wildman–Crippen MR) is 99.4 cm³/mol. The second-order valence-electron chi connectivity index (χ2n) is 6.38. The van der Waals surface area contributed by atoms with Crippen molar-refractivity contribution in [3.8, 4) is 5.75 Å². The van der Waals surface area contributed by atoms with Crippen molar-refractivity contribution in [3.05, 3.63) is 53.8 Å². The van der Waals surface area contributed by atoms with Crippen LogP contribution in [0.5, 0.6) is 5.75 Å². The molecule has 0 fully saturated rings. The van der Waals surface area contributed by atoms with Crippen LogP contribution in [-0.4, -0.2) is 30.0 Å². The van der Waals surface area contributed by atoms with Crippen molar-refractivity contribution in [2.24, 2.45) is 0 Å². The first-order valence-electron chi connectivity index (χ1n) is 8.66. The maximum Gasteiger partial charge on any atom is 0.310 e. The summed E-state index contributed by atoms with van der Waals surface area (Å²) >= 11 is 0. The highest BCUT2D eigenvalue weighted by Gasteiger charge is 2.31. The average molecular weight is 386 g/mol. The highest BCUT2D eigenvalue weighted by molar-refractivity contribution is 6.00. The van der Waals surface area contributed by atoms with Crippen LogP contribution in [0.25, 0.3) is 0 Å². The molecule has 0 bridgehead atoms. The van der Waals surface area contributed by atoms with Gasteiger partial charge in [0.15, 0.2) is 12.2 Å². The van der Waals surface area contributed by atoms with Gasteiger partial charge in [0.05, 0.1) is 12.1 Å². The number of aryl methyl sites for hydroxylation is 1. The number of anilines is 2. The Labute approximate surface area is 160 Å². The maximum absolute atomic E-state index is 13.6. The zero-order chi connectivity index (χ0) is 20.3. The van der Waals surface area contributed by atoms with Crippen LogP contribution < -0.4 is 15.4 Å². The third-order valence-corrected chi connectivity index (χ3v) is 4.18. The van der Waals surface area contributed by atoms with Crippen molar-refractivity contribution in [2.45, 2.75) is 32.5 Å². The second kappa shape index (κ2) is 8.08. The molecule has 146 valence electrons. The summed E-state index contributed by atoms with van der Waals surface area (Å²) < 4.78 is 24.1. The molecule has 2 aromatic carbocycles. The molecule has 0 radical (unpaired) electrons. The predicted octanol–water partition coefficient (Wildman–Crippen LogP) is 2.79. The highest BCUT2D eigenvalue weighted by Crippen LogP contribution is 2.29. The quantitative estimate of drug-likeness (QED) is 0.771. The highest BCUT2D eigenvalue weighted by atomic mass is 19.1. The van der Waals surface area contributed by atoms with Crippen LogP contribution in [0.15, 0.2) is 42.5 Å². The summed E-state index contributed by atoms with van der Waals surface area (Å²) in [6.45, 7) is 2.99. The normalized spacial score (nSPS) is 16.2. The van der Waals surface area contributed by atoms with Crippen molar-refractivity contribution < 1.29 is 28.2 Å². The third kappa shape index (κ3) is 4.46. The molecule has 0 unspecified atom stereocenters. The Balaban J connectivity index is 1.54. The summed E-state index contributed by atoms with van der Waals surface area (Å²) in [7, 11) is 0. The zero-order valence-corrected chi connectivity index (χ0v) is 15.3. The Hall–Kier alpha value is -3.42. The van der Waals surface area contributed by atoms with Gasteiger partial charge in [0, 0.05) is 5.69 Å². The van der Waals surface area contributed by atoms with E-state index in [4.69, 9.17) is 9.47 Å². The molecule has 2 N–H and O–H groups in total. The largest absolute Gasteiger partial charge is 0.478 e. The average Bonchev–Trinajstić information content (AvgIpc) is 2.65. The van der Waals surface area contributed by atoms with E-state index in [0.29, 0.717) is 17.0 Å². The first kappa shape index (κ1) is 19.3. The maximum atomic E-state index is 13.6. The molecule has 2 aromatic rings. The van der Waals surface area contributed by atoms with Crippen LogP contribution in [0.3, 0.4) is 0 Å². The minimum Gasteiger partial charge on any atom is -0.478 e. The van der Waals surface area contributed by atoms with Crippen LogP contribution in [0, 0.1) is 12.7 Å². The topological polar surface area (TPSA) is 93.7 Å². The fourth-order valence-electron chi connectivity index (χ4n) is 2.59. The van der Waals surface area contributed by atoms with Crippen molar-refractivity contribution in [1.82, 2.24) is 0 Å². The van der Waals surface area contributed by atoms with Crippen LogP contribution in [-0.2, 0) is 19.1 Å². The minimum absolute atomic E-state index is 0.252. The fraction of sp³-hybridized carbons (Fsp3) is 0.250. The Morgan fingerprint density at radius 2 is 2.04 bits per heavy atom. The molecular formula is C20H19FN2O5. The van der Waals surface area contributed by atoms with Crippen molar-refractivity contribution >= 4 is 29.2 Å². The van der Waals surface area contributed by atoms with Gasteiger partial charge in [0.1, 0.15) is 11.6 Å². The molecule has 0 saturated heterocycles. The van der Waals surface area contributed by atoms with Gasteiger partial charge in [-0.3, -0.25) is 14.4 Å². The Morgan fingerprint density at radius 3 is 2.79 bits per heavy atom. The molecule has 1 aliphatic heterocycles. The van der Waals surface area contributed by atoms with Gasteiger partial charge in [-0.05, 0) is 43.7 Å². The molecule has 2 amide bonds. The molecule has 0 saturated carbocycles. The van der Waals surface area contributed by atoms with Crippen LogP contribution in [0.2, 0.25) is 0 Å². The van der Waals surface area contributed by atoms with E-state index < -0.39 is 35.8 Å². The number of nitrogens with one attached hydrogen (secondary N) is 2. The number of benzene rings is 2. The molecule has 8 heteroatoms. The molecule has 2 atom stereocenters. The number of hydrogen-bond donors (Lipinski definition) is 2. The molecule has 0 aliphatic carbocycles. The Morgan fingerprint density at radius 1 is 1.29 bits per heavy atom. The van der Waals surface area contributed by atoms with Crippen molar-refractivity contribution in [2.75, 3.05) is 10.6 Å². The summed E-state index contributed by atoms with van der Waals surface area (Å²) in [4.78, 5) is 36.3. The Bertz CT molecular complexity index is 931. The van der Waals surface area contributed by atoms with E-state index in [1.54, 1.807) is 37.3 Å². The lowest BCUT2D eigenvalue weighted by Gasteiger charge is -2.25. The summed E-state index contributed by atoms with van der Waals surface area (Å²) in [6, 6.07) is 11.1. The molecule has 3 rings (SSSR count). The van der Waals surface area contributed by atoms with Gasteiger partial charge < -0.3 is 20.1 Å². The van der Waals surface area contributed by atoms with Gasteiger partial charge in [-0.25, -0.2) is 4.39 Å². The summed E-state index contributed by atoms with van der Waals surface area (Å²) in [5.74, 6) is -1.86. The van der Waals surface area contributed by atoms with Crippen LogP contribution >= 0.6 is 0 Å². The van der Waals surface area contributed by atoms with Crippen molar-refractivity contribution in [3.63, 3.8) is 0 Å². The number of para-hydroxylation sites is 2. The van der Waals surface area contributed by atoms with E-state index in [0.717, 1.165) is 0 Å². The standard InChI is InChI=1S/C20H19FN2O5/c1-11-7-8-13(9-14(11)21)22-19(25)12(2)27-18(24)10-17-20(26)23-15-5-3-4-6-16(15)28-17/h3-9,12,17H,10H2,1-2H3,(H,22,25)(H,23,26)/t12-,17+/m0/s1. The molecule has 28 heavy (non-hydrogen) atoms. The number of amides is 2. The van der Waals surface area contributed by atoms with Crippen LogP contribution in [0.4, 0.5) is 15.8 Å². The smallest absolute Gasteiger partial charge is 0.310 e. The minimum atomic E-state index is -1.13. The number of carbonyl (C=O) groups excluding carboxylic acids is 3. The molecule has 7 nitrogen and oxygen atoms in total. The Kier molecular flexibility index (Phi) is 5.58. The summed E-state index contributed by atoms with van der Waals surface area (Å²) in [5, 5.41) is 5.12.